The normalized spacial score (nSPS) is 10.1. The van der Waals surface area contributed by atoms with Gasteiger partial charge in [-0.25, -0.2) is 0 Å². The SMILES string of the molecule is CCOc1cccc(NCC(=O)Nc2c(C)cccc2C)c1. The van der Waals surface area contributed by atoms with E-state index in [4.69, 9.17) is 4.74 Å². The van der Waals surface area contributed by atoms with Gasteiger partial charge in [-0.05, 0) is 44.0 Å². The smallest absolute Gasteiger partial charge is 0.243 e. The van der Waals surface area contributed by atoms with Crippen LogP contribution < -0.4 is 15.4 Å². The molecular formula is C18H22N2O2. The van der Waals surface area contributed by atoms with Crippen LogP contribution >= 0.6 is 0 Å². The van der Waals surface area contributed by atoms with Crippen molar-refractivity contribution >= 4 is 17.3 Å². The zero-order valence-electron chi connectivity index (χ0n) is 13.3. The molecular weight excluding hydrogens is 276 g/mol. The second-order valence-corrected chi connectivity index (χ2v) is 5.13. The summed E-state index contributed by atoms with van der Waals surface area (Å²) in [6, 6.07) is 13.5. The van der Waals surface area contributed by atoms with E-state index >= 15 is 0 Å². The molecule has 0 aliphatic heterocycles. The van der Waals surface area contributed by atoms with Gasteiger partial charge >= 0.3 is 0 Å². The van der Waals surface area contributed by atoms with Gasteiger partial charge < -0.3 is 15.4 Å². The Morgan fingerprint density at radius 2 is 1.77 bits per heavy atom. The lowest BCUT2D eigenvalue weighted by Gasteiger charge is -2.12. The molecule has 4 heteroatoms. The van der Waals surface area contributed by atoms with Crippen LogP contribution in [-0.2, 0) is 4.79 Å². The predicted octanol–water partition coefficient (Wildman–Crippen LogP) is 3.75. The fourth-order valence-corrected chi connectivity index (χ4v) is 2.24. The molecule has 2 N–H and O–H groups in total. The highest BCUT2D eigenvalue weighted by molar-refractivity contribution is 5.95. The van der Waals surface area contributed by atoms with Crippen molar-refractivity contribution in [3.63, 3.8) is 0 Å². The first kappa shape index (κ1) is 15.9. The Hall–Kier alpha value is -2.49. The molecule has 2 aromatic rings. The maximum atomic E-state index is 12.1. The molecule has 2 rings (SSSR count). The summed E-state index contributed by atoms with van der Waals surface area (Å²) < 4.78 is 5.44. The quantitative estimate of drug-likeness (QED) is 0.854. The number of nitrogens with one attached hydrogen (secondary N) is 2. The fraction of sp³-hybridized carbons (Fsp3) is 0.278. The van der Waals surface area contributed by atoms with Crippen LogP contribution in [0.3, 0.4) is 0 Å². The summed E-state index contributed by atoms with van der Waals surface area (Å²) in [6.07, 6.45) is 0. The van der Waals surface area contributed by atoms with Gasteiger partial charge in [0, 0.05) is 17.4 Å². The van der Waals surface area contributed by atoms with E-state index in [1.165, 1.54) is 0 Å². The van der Waals surface area contributed by atoms with E-state index in [0.717, 1.165) is 28.3 Å². The van der Waals surface area contributed by atoms with Gasteiger partial charge in [-0.3, -0.25) is 4.79 Å². The van der Waals surface area contributed by atoms with Gasteiger partial charge in [-0.2, -0.15) is 0 Å². The van der Waals surface area contributed by atoms with Crippen LogP contribution in [0, 0.1) is 13.8 Å². The van der Waals surface area contributed by atoms with E-state index in [2.05, 4.69) is 10.6 Å². The average Bonchev–Trinajstić information content (AvgIpc) is 2.50. The number of anilines is 2. The van der Waals surface area contributed by atoms with Crippen molar-refractivity contribution in [2.75, 3.05) is 23.8 Å². The van der Waals surface area contributed by atoms with Crippen molar-refractivity contribution < 1.29 is 9.53 Å². The minimum atomic E-state index is -0.0702. The van der Waals surface area contributed by atoms with Gasteiger partial charge in [0.2, 0.25) is 5.91 Å². The van der Waals surface area contributed by atoms with Crippen molar-refractivity contribution in [2.45, 2.75) is 20.8 Å². The van der Waals surface area contributed by atoms with E-state index in [9.17, 15) is 4.79 Å². The third-order valence-electron chi connectivity index (χ3n) is 3.34. The zero-order chi connectivity index (χ0) is 15.9. The summed E-state index contributed by atoms with van der Waals surface area (Å²) in [5, 5.41) is 6.07. The van der Waals surface area contributed by atoms with Crippen LogP contribution in [0.15, 0.2) is 42.5 Å². The van der Waals surface area contributed by atoms with Gasteiger partial charge in [-0.1, -0.05) is 24.3 Å². The Morgan fingerprint density at radius 3 is 2.45 bits per heavy atom. The van der Waals surface area contributed by atoms with Gasteiger partial charge in [0.05, 0.1) is 13.2 Å². The molecule has 0 aromatic heterocycles. The Labute approximate surface area is 131 Å². The number of rotatable bonds is 6. The second-order valence-electron chi connectivity index (χ2n) is 5.13. The molecule has 4 nitrogen and oxygen atoms in total. The number of carbonyl (C=O) groups excluding carboxylic acids is 1. The van der Waals surface area contributed by atoms with Crippen LogP contribution in [-0.4, -0.2) is 19.1 Å². The third-order valence-corrected chi connectivity index (χ3v) is 3.34. The Kier molecular flexibility index (Phi) is 5.42. The first-order valence-corrected chi connectivity index (χ1v) is 7.43. The molecule has 0 heterocycles. The molecule has 0 aliphatic carbocycles. The molecule has 0 saturated heterocycles. The monoisotopic (exact) mass is 298 g/mol. The molecule has 0 spiro atoms. The Balaban J connectivity index is 1.94. The van der Waals surface area contributed by atoms with Crippen molar-refractivity contribution in [1.29, 1.82) is 0 Å². The first-order chi connectivity index (χ1) is 10.6. The maximum Gasteiger partial charge on any atom is 0.243 e. The highest BCUT2D eigenvalue weighted by atomic mass is 16.5. The van der Waals surface area contributed by atoms with Crippen LogP contribution in [0.2, 0.25) is 0 Å². The van der Waals surface area contributed by atoms with Crippen molar-refractivity contribution in [1.82, 2.24) is 0 Å². The first-order valence-electron chi connectivity index (χ1n) is 7.43. The lowest BCUT2D eigenvalue weighted by Crippen LogP contribution is -2.22. The average molecular weight is 298 g/mol. The number of para-hydroxylation sites is 1. The van der Waals surface area contributed by atoms with Crippen LogP contribution in [0.1, 0.15) is 18.1 Å². The summed E-state index contributed by atoms with van der Waals surface area (Å²) in [6.45, 7) is 6.75. The van der Waals surface area contributed by atoms with Gasteiger partial charge in [0.1, 0.15) is 5.75 Å². The lowest BCUT2D eigenvalue weighted by molar-refractivity contribution is -0.114. The van der Waals surface area contributed by atoms with Crippen molar-refractivity contribution in [3.8, 4) is 5.75 Å². The number of aryl methyl sites for hydroxylation is 2. The number of amides is 1. The molecule has 0 unspecified atom stereocenters. The molecule has 22 heavy (non-hydrogen) atoms. The van der Waals surface area contributed by atoms with Crippen molar-refractivity contribution in [2.24, 2.45) is 0 Å². The lowest BCUT2D eigenvalue weighted by atomic mass is 10.1. The second kappa shape index (κ2) is 7.50. The predicted molar refractivity (Wildman–Crippen MR) is 90.6 cm³/mol. The number of hydrogen-bond acceptors (Lipinski definition) is 3. The summed E-state index contributed by atoms with van der Waals surface area (Å²) in [4.78, 5) is 12.1. The molecule has 2 aromatic carbocycles. The van der Waals surface area contributed by atoms with Crippen LogP contribution in [0.25, 0.3) is 0 Å². The largest absolute Gasteiger partial charge is 0.494 e. The number of carbonyl (C=O) groups is 1. The molecule has 0 aliphatic rings. The van der Waals surface area contributed by atoms with E-state index < -0.39 is 0 Å². The van der Waals surface area contributed by atoms with E-state index in [-0.39, 0.29) is 12.5 Å². The van der Waals surface area contributed by atoms with Gasteiger partial charge in [-0.15, -0.1) is 0 Å². The molecule has 0 fully saturated rings. The van der Waals surface area contributed by atoms with Crippen LogP contribution in [0.5, 0.6) is 5.75 Å². The maximum absolute atomic E-state index is 12.1. The number of benzene rings is 2. The Morgan fingerprint density at radius 1 is 1.09 bits per heavy atom. The standard InChI is InChI=1S/C18H22N2O2/c1-4-22-16-10-6-9-15(11-16)19-12-17(21)20-18-13(2)7-5-8-14(18)3/h5-11,19H,4,12H2,1-3H3,(H,20,21). The third kappa shape index (κ3) is 4.25. The fourth-order valence-electron chi connectivity index (χ4n) is 2.24. The minimum Gasteiger partial charge on any atom is -0.494 e. The summed E-state index contributed by atoms with van der Waals surface area (Å²) in [5.41, 5.74) is 3.87. The number of hydrogen-bond donors (Lipinski definition) is 2. The molecule has 0 bridgehead atoms. The van der Waals surface area contributed by atoms with E-state index in [1.54, 1.807) is 0 Å². The molecule has 0 radical (unpaired) electrons. The zero-order valence-corrected chi connectivity index (χ0v) is 13.3. The summed E-state index contributed by atoms with van der Waals surface area (Å²) in [7, 11) is 0. The Bertz CT molecular complexity index is 633. The van der Waals surface area contributed by atoms with Crippen LogP contribution in [0.4, 0.5) is 11.4 Å². The van der Waals surface area contributed by atoms with Crippen molar-refractivity contribution in [3.05, 3.63) is 53.6 Å². The summed E-state index contributed by atoms with van der Waals surface area (Å²) >= 11 is 0. The molecule has 0 saturated carbocycles. The highest BCUT2D eigenvalue weighted by Crippen LogP contribution is 2.20. The molecule has 0 atom stereocenters. The highest BCUT2D eigenvalue weighted by Gasteiger charge is 2.07. The molecule has 1 amide bonds. The van der Waals surface area contributed by atoms with E-state index in [0.29, 0.717) is 6.61 Å². The van der Waals surface area contributed by atoms with E-state index in [1.807, 2.05) is 63.2 Å². The molecule has 116 valence electrons. The number of ether oxygens (including phenoxy) is 1. The van der Waals surface area contributed by atoms with Gasteiger partial charge in [0.25, 0.3) is 0 Å². The summed E-state index contributed by atoms with van der Waals surface area (Å²) in [5.74, 6) is 0.724. The van der Waals surface area contributed by atoms with Gasteiger partial charge in [0.15, 0.2) is 0 Å². The minimum absolute atomic E-state index is 0.0702. The topological polar surface area (TPSA) is 50.4 Å².